The molecule has 2 amide bonds. The number of benzene rings is 1. The Labute approximate surface area is 202 Å². The molecule has 0 radical (unpaired) electrons. The fourth-order valence-electron chi connectivity index (χ4n) is 3.99. The Morgan fingerprint density at radius 1 is 1.24 bits per heavy atom. The van der Waals surface area contributed by atoms with E-state index >= 15 is 0 Å². The van der Waals surface area contributed by atoms with Crippen LogP contribution in [0.15, 0.2) is 36.5 Å². The number of hydrogen-bond donors (Lipinski definition) is 1. The van der Waals surface area contributed by atoms with Crippen molar-refractivity contribution in [2.24, 2.45) is 5.92 Å². The number of aliphatic hydroxyl groups is 1. The van der Waals surface area contributed by atoms with Gasteiger partial charge in [0.15, 0.2) is 0 Å². The van der Waals surface area contributed by atoms with Crippen molar-refractivity contribution in [3.05, 3.63) is 47.7 Å². The number of rotatable bonds is 7. The van der Waals surface area contributed by atoms with Crippen LogP contribution in [0.2, 0.25) is 0 Å². The minimum absolute atomic E-state index is 0.0116. The Hall–Kier alpha value is -2.97. The lowest BCUT2D eigenvalue weighted by Crippen LogP contribution is -2.51. The highest BCUT2D eigenvalue weighted by molar-refractivity contribution is 5.98. The Bertz CT molecular complexity index is 1010. The number of aromatic nitrogens is 1. The average Bonchev–Trinajstić information content (AvgIpc) is 2.80. The SMILES string of the molecule is Cc1ccc(-c2cnc3c(c2)C(=O)N([C@@H](C)CO)C[C@H](C)[C@H](CN(C)C(=O)CN(C)C)O3)cc1. The van der Waals surface area contributed by atoms with Crippen LogP contribution in [0.1, 0.15) is 29.8 Å². The molecule has 1 aromatic heterocycles. The predicted octanol–water partition coefficient (Wildman–Crippen LogP) is 2.30. The summed E-state index contributed by atoms with van der Waals surface area (Å²) in [4.78, 5) is 35.8. The first-order chi connectivity index (χ1) is 16.1. The Balaban J connectivity index is 1.98. The molecule has 0 aliphatic carbocycles. The molecule has 8 nitrogen and oxygen atoms in total. The lowest BCUT2D eigenvalue weighted by Gasteiger charge is -2.37. The number of pyridine rings is 1. The van der Waals surface area contributed by atoms with Gasteiger partial charge in [0, 0.05) is 31.3 Å². The van der Waals surface area contributed by atoms with Crippen molar-refractivity contribution in [2.75, 3.05) is 47.4 Å². The molecule has 0 bridgehead atoms. The second-order valence-electron chi connectivity index (χ2n) is 9.58. The van der Waals surface area contributed by atoms with Gasteiger partial charge in [-0.3, -0.25) is 9.59 Å². The molecule has 0 fully saturated rings. The van der Waals surface area contributed by atoms with Crippen molar-refractivity contribution >= 4 is 11.8 Å². The number of hydrogen-bond acceptors (Lipinski definition) is 6. The van der Waals surface area contributed by atoms with E-state index in [1.165, 1.54) is 0 Å². The van der Waals surface area contributed by atoms with Crippen LogP contribution in [-0.4, -0.2) is 96.1 Å². The third-order valence-electron chi connectivity index (χ3n) is 6.24. The van der Waals surface area contributed by atoms with Crippen molar-refractivity contribution in [3.63, 3.8) is 0 Å². The van der Waals surface area contributed by atoms with Gasteiger partial charge in [0.1, 0.15) is 11.7 Å². The Morgan fingerprint density at radius 3 is 2.53 bits per heavy atom. The molecular formula is C26H36N4O4. The van der Waals surface area contributed by atoms with Crippen LogP contribution < -0.4 is 4.74 Å². The highest BCUT2D eigenvalue weighted by Crippen LogP contribution is 2.30. The summed E-state index contributed by atoms with van der Waals surface area (Å²) >= 11 is 0. The summed E-state index contributed by atoms with van der Waals surface area (Å²) in [7, 11) is 5.47. The van der Waals surface area contributed by atoms with E-state index in [-0.39, 0.29) is 42.4 Å². The van der Waals surface area contributed by atoms with Crippen LogP contribution in [0.3, 0.4) is 0 Å². The van der Waals surface area contributed by atoms with Crippen LogP contribution in [0.4, 0.5) is 0 Å². The van der Waals surface area contributed by atoms with Gasteiger partial charge in [-0.2, -0.15) is 0 Å². The van der Waals surface area contributed by atoms with Crippen molar-refractivity contribution in [3.8, 4) is 17.0 Å². The minimum Gasteiger partial charge on any atom is -0.472 e. The molecular weight excluding hydrogens is 432 g/mol. The number of likely N-dealkylation sites (N-methyl/N-ethyl adjacent to an activating group) is 2. The van der Waals surface area contributed by atoms with Gasteiger partial charge in [-0.05, 0) is 39.6 Å². The molecule has 3 rings (SSSR count). The lowest BCUT2D eigenvalue weighted by molar-refractivity contribution is -0.132. The summed E-state index contributed by atoms with van der Waals surface area (Å²) in [5.41, 5.74) is 3.28. The summed E-state index contributed by atoms with van der Waals surface area (Å²) < 4.78 is 6.29. The van der Waals surface area contributed by atoms with Crippen molar-refractivity contribution in [1.29, 1.82) is 0 Å². The average molecular weight is 469 g/mol. The maximum absolute atomic E-state index is 13.6. The molecule has 8 heteroatoms. The molecule has 1 aliphatic heterocycles. The largest absolute Gasteiger partial charge is 0.472 e. The zero-order chi connectivity index (χ0) is 25.0. The number of amides is 2. The third kappa shape index (κ3) is 5.93. The monoisotopic (exact) mass is 468 g/mol. The summed E-state index contributed by atoms with van der Waals surface area (Å²) in [5.74, 6) is -0.0666. The van der Waals surface area contributed by atoms with Crippen LogP contribution in [0, 0.1) is 12.8 Å². The number of aryl methyl sites for hydroxylation is 1. The second kappa shape index (κ2) is 11.0. The highest BCUT2D eigenvalue weighted by Gasteiger charge is 2.34. The maximum atomic E-state index is 13.6. The third-order valence-corrected chi connectivity index (χ3v) is 6.24. The van der Waals surface area contributed by atoms with Crippen LogP contribution in [0.5, 0.6) is 5.88 Å². The standard InChI is InChI=1S/C26H36N4O4/c1-17-7-9-20(10-8-17)21-11-22-25(27-12-21)34-23(14-29(6)24(32)15-28(4)5)18(2)13-30(26(22)33)19(3)16-31/h7-12,18-19,23,31H,13-16H2,1-6H3/t18-,19-,23-/m0/s1. The van der Waals surface area contributed by atoms with E-state index in [0.29, 0.717) is 25.2 Å². The first-order valence-electron chi connectivity index (χ1n) is 11.6. The second-order valence-corrected chi connectivity index (χ2v) is 9.58. The van der Waals surface area contributed by atoms with Crippen molar-refractivity contribution in [1.82, 2.24) is 19.7 Å². The van der Waals surface area contributed by atoms with Gasteiger partial charge in [-0.25, -0.2) is 4.98 Å². The zero-order valence-corrected chi connectivity index (χ0v) is 21.0. The first-order valence-corrected chi connectivity index (χ1v) is 11.6. The number of ether oxygens (including phenoxy) is 1. The summed E-state index contributed by atoms with van der Waals surface area (Å²) in [5, 5.41) is 9.83. The fraction of sp³-hybridized carbons (Fsp3) is 0.500. The molecule has 1 N–H and O–H groups in total. The fourth-order valence-corrected chi connectivity index (χ4v) is 3.99. The molecule has 1 aromatic carbocycles. The van der Waals surface area contributed by atoms with E-state index in [4.69, 9.17) is 4.74 Å². The van der Waals surface area contributed by atoms with Gasteiger partial charge < -0.3 is 24.5 Å². The number of carbonyl (C=O) groups is 2. The zero-order valence-electron chi connectivity index (χ0n) is 21.0. The van der Waals surface area contributed by atoms with E-state index in [1.807, 2.05) is 64.0 Å². The number of aliphatic hydroxyl groups excluding tert-OH is 1. The van der Waals surface area contributed by atoms with Gasteiger partial charge in [0.25, 0.3) is 5.91 Å². The maximum Gasteiger partial charge on any atom is 0.259 e. The van der Waals surface area contributed by atoms with Crippen LogP contribution >= 0.6 is 0 Å². The molecule has 0 spiro atoms. The topological polar surface area (TPSA) is 86.2 Å². The van der Waals surface area contributed by atoms with Gasteiger partial charge in [-0.1, -0.05) is 36.8 Å². The molecule has 184 valence electrons. The quantitative estimate of drug-likeness (QED) is 0.671. The summed E-state index contributed by atoms with van der Waals surface area (Å²) in [6, 6.07) is 9.47. The molecule has 2 aromatic rings. The van der Waals surface area contributed by atoms with E-state index in [9.17, 15) is 14.7 Å². The molecule has 3 atom stereocenters. The predicted molar refractivity (Wildman–Crippen MR) is 132 cm³/mol. The number of nitrogens with zero attached hydrogens (tertiary/aromatic N) is 4. The normalized spacial score (nSPS) is 19.2. The Morgan fingerprint density at radius 2 is 1.91 bits per heavy atom. The van der Waals surface area contributed by atoms with E-state index in [0.717, 1.165) is 16.7 Å². The van der Waals surface area contributed by atoms with Crippen molar-refractivity contribution < 1.29 is 19.4 Å². The molecule has 0 saturated heterocycles. The molecule has 0 unspecified atom stereocenters. The van der Waals surface area contributed by atoms with E-state index in [2.05, 4.69) is 4.98 Å². The molecule has 1 aliphatic rings. The summed E-state index contributed by atoms with van der Waals surface area (Å²) in [6.45, 7) is 6.76. The van der Waals surface area contributed by atoms with Crippen molar-refractivity contribution in [2.45, 2.75) is 32.9 Å². The van der Waals surface area contributed by atoms with Gasteiger partial charge in [0.2, 0.25) is 11.8 Å². The number of carbonyl (C=O) groups excluding carboxylic acids is 2. The Kier molecular flexibility index (Phi) is 8.28. The number of fused-ring (bicyclic) bond motifs is 1. The molecule has 0 saturated carbocycles. The van der Waals surface area contributed by atoms with Crippen LogP contribution in [0.25, 0.3) is 11.1 Å². The smallest absolute Gasteiger partial charge is 0.259 e. The highest BCUT2D eigenvalue weighted by atomic mass is 16.5. The van der Waals surface area contributed by atoms with Gasteiger partial charge in [-0.15, -0.1) is 0 Å². The first kappa shape index (κ1) is 25.6. The van der Waals surface area contributed by atoms with E-state index < -0.39 is 0 Å². The molecule has 2 heterocycles. The minimum atomic E-state index is -0.367. The van der Waals surface area contributed by atoms with Gasteiger partial charge >= 0.3 is 0 Å². The van der Waals surface area contributed by atoms with Gasteiger partial charge in [0.05, 0.1) is 25.7 Å². The van der Waals surface area contributed by atoms with E-state index in [1.54, 1.807) is 29.1 Å². The molecule has 34 heavy (non-hydrogen) atoms. The van der Waals surface area contributed by atoms with Crippen LogP contribution in [-0.2, 0) is 4.79 Å². The summed E-state index contributed by atoms with van der Waals surface area (Å²) in [6.07, 6.45) is 1.34. The lowest BCUT2D eigenvalue weighted by atomic mass is 9.99.